The van der Waals surface area contributed by atoms with Crippen LogP contribution in [0.25, 0.3) is 0 Å². The standard InChI is InChI=1S/C11H12N4O2/c1-15(7-3-2-4-8(16)5-7)11(17)9-6-10(12)14-13-9/h2-6,16H,1H3,(H3,12,13,14). The average molecular weight is 232 g/mol. The molecule has 0 aliphatic heterocycles. The summed E-state index contributed by atoms with van der Waals surface area (Å²) in [5.74, 6) is 0.0868. The van der Waals surface area contributed by atoms with Crippen LogP contribution in [0.4, 0.5) is 11.5 Å². The van der Waals surface area contributed by atoms with Crippen LogP contribution in [0.2, 0.25) is 0 Å². The minimum Gasteiger partial charge on any atom is -0.508 e. The molecule has 1 aromatic carbocycles. The lowest BCUT2D eigenvalue weighted by Crippen LogP contribution is -2.26. The normalized spacial score (nSPS) is 10.2. The van der Waals surface area contributed by atoms with Crippen LogP contribution in [0, 0.1) is 0 Å². The van der Waals surface area contributed by atoms with E-state index in [0.717, 1.165) is 0 Å². The van der Waals surface area contributed by atoms with E-state index in [0.29, 0.717) is 11.4 Å². The number of hydrogen-bond acceptors (Lipinski definition) is 4. The molecule has 0 spiro atoms. The Hall–Kier alpha value is -2.50. The number of carbonyl (C=O) groups is 1. The van der Waals surface area contributed by atoms with E-state index in [4.69, 9.17) is 5.73 Å². The number of nitrogens with zero attached hydrogens (tertiary/aromatic N) is 2. The van der Waals surface area contributed by atoms with Gasteiger partial charge in [-0.15, -0.1) is 0 Å². The molecular formula is C11H12N4O2. The largest absolute Gasteiger partial charge is 0.508 e. The third-order valence-corrected chi connectivity index (χ3v) is 2.35. The summed E-state index contributed by atoms with van der Waals surface area (Å²) in [6, 6.07) is 7.88. The Morgan fingerprint density at radius 1 is 1.47 bits per heavy atom. The van der Waals surface area contributed by atoms with Crippen molar-refractivity contribution in [1.29, 1.82) is 0 Å². The number of amides is 1. The van der Waals surface area contributed by atoms with Crippen molar-refractivity contribution in [3.05, 3.63) is 36.0 Å². The molecule has 4 N–H and O–H groups in total. The van der Waals surface area contributed by atoms with Gasteiger partial charge >= 0.3 is 0 Å². The fraction of sp³-hybridized carbons (Fsp3) is 0.0909. The molecule has 6 heteroatoms. The van der Waals surface area contributed by atoms with Crippen molar-refractivity contribution in [3.8, 4) is 5.75 Å². The maximum absolute atomic E-state index is 12.0. The lowest BCUT2D eigenvalue weighted by atomic mass is 10.2. The number of rotatable bonds is 2. The van der Waals surface area contributed by atoms with Gasteiger partial charge < -0.3 is 15.7 Å². The first-order valence-corrected chi connectivity index (χ1v) is 4.96. The Balaban J connectivity index is 2.26. The zero-order valence-electron chi connectivity index (χ0n) is 9.21. The molecule has 1 heterocycles. The van der Waals surface area contributed by atoms with E-state index < -0.39 is 0 Å². The lowest BCUT2D eigenvalue weighted by Gasteiger charge is -2.16. The number of nitrogen functional groups attached to an aromatic ring is 1. The molecule has 2 aromatic rings. The molecule has 88 valence electrons. The smallest absolute Gasteiger partial charge is 0.276 e. The van der Waals surface area contributed by atoms with Gasteiger partial charge in [-0.2, -0.15) is 5.10 Å². The number of aromatic nitrogens is 2. The van der Waals surface area contributed by atoms with Gasteiger partial charge in [0.2, 0.25) is 0 Å². The maximum atomic E-state index is 12.0. The molecule has 17 heavy (non-hydrogen) atoms. The highest BCUT2D eigenvalue weighted by molar-refractivity contribution is 6.04. The number of nitrogens with two attached hydrogens (primary N) is 1. The van der Waals surface area contributed by atoms with Crippen LogP contribution in [0.1, 0.15) is 10.5 Å². The summed E-state index contributed by atoms with van der Waals surface area (Å²) in [7, 11) is 1.61. The summed E-state index contributed by atoms with van der Waals surface area (Å²) in [4.78, 5) is 13.4. The first kappa shape index (κ1) is 11.0. The number of phenolic OH excluding ortho intramolecular Hbond substituents is 1. The van der Waals surface area contributed by atoms with E-state index in [2.05, 4.69) is 10.2 Å². The second kappa shape index (κ2) is 4.17. The van der Waals surface area contributed by atoms with Gasteiger partial charge in [-0.3, -0.25) is 9.89 Å². The maximum Gasteiger partial charge on any atom is 0.276 e. The Morgan fingerprint density at radius 3 is 2.82 bits per heavy atom. The minimum atomic E-state index is -0.278. The molecule has 1 aromatic heterocycles. The number of phenols is 1. The number of hydrogen-bond donors (Lipinski definition) is 3. The number of benzene rings is 1. The highest BCUT2D eigenvalue weighted by Crippen LogP contribution is 2.20. The Labute approximate surface area is 97.7 Å². The van der Waals surface area contributed by atoms with Crippen molar-refractivity contribution in [3.63, 3.8) is 0 Å². The van der Waals surface area contributed by atoms with Gasteiger partial charge in [-0.05, 0) is 12.1 Å². The summed E-state index contributed by atoms with van der Waals surface area (Å²) >= 11 is 0. The van der Waals surface area contributed by atoms with Gasteiger partial charge in [-0.1, -0.05) is 6.07 Å². The van der Waals surface area contributed by atoms with Crippen LogP contribution < -0.4 is 10.6 Å². The fourth-order valence-electron chi connectivity index (χ4n) is 1.45. The number of carbonyl (C=O) groups excluding carboxylic acids is 1. The number of H-pyrrole nitrogens is 1. The number of nitrogens with one attached hydrogen (secondary N) is 1. The lowest BCUT2D eigenvalue weighted by molar-refractivity contribution is 0.0988. The third-order valence-electron chi connectivity index (χ3n) is 2.35. The van der Waals surface area contributed by atoms with E-state index in [1.54, 1.807) is 19.2 Å². The molecule has 0 saturated carbocycles. The first-order chi connectivity index (χ1) is 8.08. The monoisotopic (exact) mass is 232 g/mol. The van der Waals surface area contributed by atoms with Crippen molar-refractivity contribution in [2.45, 2.75) is 0 Å². The van der Waals surface area contributed by atoms with Crippen molar-refractivity contribution in [2.24, 2.45) is 0 Å². The van der Waals surface area contributed by atoms with Crippen molar-refractivity contribution in [1.82, 2.24) is 10.2 Å². The fourth-order valence-corrected chi connectivity index (χ4v) is 1.45. The third kappa shape index (κ3) is 2.20. The van der Waals surface area contributed by atoms with Gasteiger partial charge in [0.15, 0.2) is 0 Å². The molecule has 2 rings (SSSR count). The second-order valence-corrected chi connectivity index (χ2v) is 3.59. The zero-order chi connectivity index (χ0) is 12.4. The zero-order valence-corrected chi connectivity index (χ0v) is 9.21. The quantitative estimate of drug-likeness (QED) is 0.719. The topological polar surface area (TPSA) is 95.2 Å². The SMILES string of the molecule is CN(C(=O)c1cc(N)n[nH]1)c1cccc(O)c1. The van der Waals surface area contributed by atoms with Crippen LogP contribution in [0.3, 0.4) is 0 Å². The van der Waals surface area contributed by atoms with E-state index in [-0.39, 0.29) is 17.5 Å². The summed E-state index contributed by atoms with van der Waals surface area (Å²) in [6.07, 6.45) is 0. The van der Waals surface area contributed by atoms with Crippen LogP contribution in [-0.2, 0) is 0 Å². The predicted octanol–water partition coefficient (Wildman–Crippen LogP) is 0.974. The summed E-state index contributed by atoms with van der Waals surface area (Å²) in [6.45, 7) is 0. The van der Waals surface area contributed by atoms with E-state index in [1.165, 1.54) is 23.1 Å². The van der Waals surface area contributed by atoms with E-state index in [1.807, 2.05) is 0 Å². The molecule has 6 nitrogen and oxygen atoms in total. The number of aromatic amines is 1. The summed E-state index contributed by atoms with van der Waals surface area (Å²) < 4.78 is 0. The van der Waals surface area contributed by atoms with Gasteiger partial charge in [0.05, 0.1) is 0 Å². The molecule has 0 fully saturated rings. The van der Waals surface area contributed by atoms with Gasteiger partial charge in [-0.25, -0.2) is 0 Å². The average Bonchev–Trinajstić information content (AvgIpc) is 2.74. The Morgan fingerprint density at radius 2 is 2.24 bits per heavy atom. The first-order valence-electron chi connectivity index (χ1n) is 4.96. The molecule has 0 radical (unpaired) electrons. The number of aromatic hydroxyl groups is 1. The molecular weight excluding hydrogens is 220 g/mol. The van der Waals surface area contributed by atoms with Gasteiger partial charge in [0.25, 0.3) is 5.91 Å². The minimum absolute atomic E-state index is 0.103. The molecule has 0 aliphatic rings. The molecule has 0 unspecified atom stereocenters. The summed E-state index contributed by atoms with van der Waals surface area (Å²) in [5.41, 5.74) is 6.31. The van der Waals surface area contributed by atoms with Crippen molar-refractivity contribution in [2.75, 3.05) is 17.7 Å². The van der Waals surface area contributed by atoms with Gasteiger partial charge in [0, 0.05) is 24.9 Å². The highest BCUT2D eigenvalue weighted by Gasteiger charge is 2.15. The molecule has 1 amide bonds. The predicted molar refractivity (Wildman–Crippen MR) is 63.8 cm³/mol. The van der Waals surface area contributed by atoms with Crippen molar-refractivity contribution < 1.29 is 9.90 Å². The van der Waals surface area contributed by atoms with Crippen LogP contribution >= 0.6 is 0 Å². The van der Waals surface area contributed by atoms with Crippen LogP contribution in [-0.4, -0.2) is 28.3 Å². The number of anilines is 2. The Bertz CT molecular complexity index is 550. The van der Waals surface area contributed by atoms with E-state index >= 15 is 0 Å². The van der Waals surface area contributed by atoms with Crippen molar-refractivity contribution >= 4 is 17.4 Å². The van der Waals surface area contributed by atoms with Crippen LogP contribution in [0.15, 0.2) is 30.3 Å². The highest BCUT2D eigenvalue weighted by atomic mass is 16.3. The second-order valence-electron chi connectivity index (χ2n) is 3.59. The summed E-state index contributed by atoms with van der Waals surface area (Å²) in [5, 5.41) is 15.6. The van der Waals surface area contributed by atoms with Gasteiger partial charge in [0.1, 0.15) is 17.3 Å². The Kier molecular flexibility index (Phi) is 2.70. The molecule has 0 saturated heterocycles. The molecule has 0 atom stereocenters. The molecule has 0 aliphatic carbocycles. The van der Waals surface area contributed by atoms with Crippen LogP contribution in [0.5, 0.6) is 5.75 Å². The molecule has 0 bridgehead atoms. The van der Waals surface area contributed by atoms with E-state index in [9.17, 15) is 9.90 Å².